The Morgan fingerprint density at radius 3 is 2.95 bits per heavy atom. The van der Waals surface area contributed by atoms with Crippen LogP contribution < -0.4 is 5.32 Å². The van der Waals surface area contributed by atoms with E-state index in [4.69, 9.17) is 0 Å². The minimum atomic E-state index is 0.342. The predicted octanol–water partition coefficient (Wildman–Crippen LogP) is 1.78. The molecule has 5 nitrogen and oxygen atoms in total. The third-order valence-electron chi connectivity index (χ3n) is 4.91. The van der Waals surface area contributed by atoms with Crippen LogP contribution in [0.2, 0.25) is 0 Å². The highest BCUT2D eigenvalue weighted by Crippen LogP contribution is 2.33. The SMILES string of the molecule is O=C1CC(CNc2ncnc3c2CCCC3)CN1C1CC1. The lowest BCUT2D eigenvalue weighted by atomic mass is 9.96. The van der Waals surface area contributed by atoms with Gasteiger partial charge >= 0.3 is 0 Å². The zero-order valence-corrected chi connectivity index (χ0v) is 12.3. The van der Waals surface area contributed by atoms with Crippen molar-refractivity contribution < 1.29 is 4.79 Å². The van der Waals surface area contributed by atoms with Crippen molar-refractivity contribution in [1.29, 1.82) is 0 Å². The van der Waals surface area contributed by atoms with Crippen LogP contribution in [0.15, 0.2) is 6.33 Å². The number of nitrogens with zero attached hydrogens (tertiary/aromatic N) is 3. The van der Waals surface area contributed by atoms with Gasteiger partial charge in [0.15, 0.2) is 0 Å². The second kappa shape index (κ2) is 5.28. The van der Waals surface area contributed by atoms with E-state index in [0.717, 1.165) is 31.7 Å². The summed E-state index contributed by atoms with van der Waals surface area (Å²) in [6.45, 7) is 1.77. The monoisotopic (exact) mass is 286 g/mol. The molecule has 1 atom stereocenters. The molecule has 1 aromatic rings. The first-order valence-corrected chi connectivity index (χ1v) is 8.17. The zero-order valence-electron chi connectivity index (χ0n) is 12.3. The second-order valence-corrected chi connectivity index (χ2v) is 6.58. The van der Waals surface area contributed by atoms with Crippen LogP contribution >= 0.6 is 0 Å². The lowest BCUT2D eigenvalue weighted by Gasteiger charge is -2.19. The molecule has 0 radical (unpaired) electrons. The normalized spacial score (nSPS) is 25.0. The molecular weight excluding hydrogens is 264 g/mol. The Morgan fingerprint density at radius 2 is 2.10 bits per heavy atom. The van der Waals surface area contributed by atoms with Crippen LogP contribution in [0.5, 0.6) is 0 Å². The standard InChI is InChI=1S/C16H22N4O/c21-15-7-11(9-20(15)12-5-6-12)8-17-16-13-3-1-2-4-14(13)18-10-19-16/h10-12H,1-9H2,(H,17,18,19). The molecule has 2 aliphatic carbocycles. The van der Waals surface area contributed by atoms with E-state index in [-0.39, 0.29) is 0 Å². The van der Waals surface area contributed by atoms with Crippen LogP contribution in [-0.2, 0) is 17.6 Å². The maximum atomic E-state index is 12.0. The fraction of sp³-hybridized carbons (Fsp3) is 0.688. The first-order chi connectivity index (χ1) is 10.3. The molecule has 0 aromatic carbocycles. The summed E-state index contributed by atoms with van der Waals surface area (Å²) in [5.74, 6) is 1.76. The van der Waals surface area contributed by atoms with Gasteiger partial charge < -0.3 is 10.2 Å². The zero-order chi connectivity index (χ0) is 14.2. The highest BCUT2D eigenvalue weighted by Gasteiger charge is 2.39. The molecule has 1 amide bonds. The number of fused-ring (bicyclic) bond motifs is 1. The fourth-order valence-corrected chi connectivity index (χ4v) is 3.60. The molecule has 4 rings (SSSR count). The van der Waals surface area contributed by atoms with Crippen molar-refractivity contribution in [2.24, 2.45) is 5.92 Å². The van der Waals surface area contributed by atoms with Crippen LogP contribution in [0.3, 0.4) is 0 Å². The van der Waals surface area contributed by atoms with E-state index in [9.17, 15) is 4.79 Å². The summed E-state index contributed by atoms with van der Waals surface area (Å²) in [5, 5.41) is 3.49. The van der Waals surface area contributed by atoms with E-state index < -0.39 is 0 Å². The van der Waals surface area contributed by atoms with Crippen LogP contribution in [0, 0.1) is 5.92 Å². The van der Waals surface area contributed by atoms with Gasteiger partial charge in [0.1, 0.15) is 12.1 Å². The maximum absolute atomic E-state index is 12.0. The molecule has 0 bridgehead atoms. The average molecular weight is 286 g/mol. The third kappa shape index (κ3) is 2.61. The number of likely N-dealkylation sites (tertiary alicyclic amines) is 1. The van der Waals surface area contributed by atoms with Crippen LogP contribution in [0.4, 0.5) is 5.82 Å². The van der Waals surface area contributed by atoms with Crippen LogP contribution in [-0.4, -0.2) is 39.9 Å². The maximum Gasteiger partial charge on any atom is 0.223 e. The number of hydrogen-bond donors (Lipinski definition) is 1. The lowest BCUT2D eigenvalue weighted by molar-refractivity contribution is -0.128. The molecule has 2 fully saturated rings. The Bertz CT molecular complexity index is 555. The summed E-state index contributed by atoms with van der Waals surface area (Å²) in [7, 11) is 0. The Morgan fingerprint density at radius 1 is 1.24 bits per heavy atom. The van der Waals surface area contributed by atoms with Gasteiger partial charge in [-0.2, -0.15) is 0 Å². The number of rotatable bonds is 4. The molecule has 21 heavy (non-hydrogen) atoms. The largest absolute Gasteiger partial charge is 0.369 e. The van der Waals surface area contributed by atoms with Crippen molar-refractivity contribution in [3.05, 3.63) is 17.6 Å². The minimum absolute atomic E-state index is 0.342. The van der Waals surface area contributed by atoms with Crippen molar-refractivity contribution in [3.63, 3.8) is 0 Å². The summed E-state index contributed by atoms with van der Waals surface area (Å²) in [4.78, 5) is 22.9. The third-order valence-corrected chi connectivity index (χ3v) is 4.91. The predicted molar refractivity (Wildman–Crippen MR) is 80.0 cm³/mol. The van der Waals surface area contributed by atoms with Crippen molar-refractivity contribution in [2.45, 2.75) is 51.0 Å². The molecular formula is C16H22N4O. The smallest absolute Gasteiger partial charge is 0.223 e. The Kier molecular flexibility index (Phi) is 3.28. The molecule has 0 spiro atoms. The summed E-state index contributed by atoms with van der Waals surface area (Å²) in [6, 6.07) is 0.550. The Balaban J connectivity index is 1.40. The van der Waals surface area contributed by atoms with E-state index in [0.29, 0.717) is 24.3 Å². The van der Waals surface area contributed by atoms with Gasteiger partial charge in [0.2, 0.25) is 5.91 Å². The number of nitrogens with one attached hydrogen (secondary N) is 1. The van der Waals surface area contributed by atoms with Gasteiger partial charge in [-0.15, -0.1) is 0 Å². The fourth-order valence-electron chi connectivity index (χ4n) is 3.60. The first-order valence-electron chi connectivity index (χ1n) is 8.17. The molecule has 2 heterocycles. The average Bonchev–Trinajstić information content (AvgIpc) is 3.28. The van der Waals surface area contributed by atoms with E-state index >= 15 is 0 Å². The molecule has 1 saturated heterocycles. The highest BCUT2D eigenvalue weighted by molar-refractivity contribution is 5.79. The topological polar surface area (TPSA) is 58.1 Å². The minimum Gasteiger partial charge on any atom is -0.369 e. The number of carbonyl (C=O) groups excluding carboxylic acids is 1. The molecule has 3 aliphatic rings. The van der Waals surface area contributed by atoms with E-state index in [1.807, 2.05) is 0 Å². The molecule has 1 unspecified atom stereocenters. The van der Waals surface area contributed by atoms with Crippen molar-refractivity contribution in [2.75, 3.05) is 18.4 Å². The molecule has 1 saturated carbocycles. The van der Waals surface area contributed by atoms with Gasteiger partial charge in [-0.25, -0.2) is 9.97 Å². The van der Waals surface area contributed by atoms with Gasteiger partial charge in [0.05, 0.1) is 0 Å². The van der Waals surface area contributed by atoms with Crippen LogP contribution in [0.1, 0.15) is 43.4 Å². The van der Waals surface area contributed by atoms with Crippen LogP contribution in [0.25, 0.3) is 0 Å². The van der Waals surface area contributed by atoms with Gasteiger partial charge in [-0.1, -0.05) is 0 Å². The number of aryl methyl sites for hydroxylation is 1. The van der Waals surface area contributed by atoms with E-state index in [2.05, 4.69) is 20.2 Å². The summed E-state index contributed by atoms with van der Waals surface area (Å²) >= 11 is 0. The van der Waals surface area contributed by atoms with Gasteiger partial charge in [0.25, 0.3) is 0 Å². The Labute approximate surface area is 125 Å². The number of carbonyl (C=O) groups is 1. The van der Waals surface area contributed by atoms with Crippen molar-refractivity contribution in [1.82, 2.24) is 14.9 Å². The lowest BCUT2D eigenvalue weighted by Crippen LogP contribution is -2.28. The van der Waals surface area contributed by atoms with Crippen molar-refractivity contribution >= 4 is 11.7 Å². The first kappa shape index (κ1) is 13.0. The van der Waals surface area contributed by atoms with Gasteiger partial charge in [-0.05, 0) is 38.5 Å². The van der Waals surface area contributed by atoms with E-state index in [1.54, 1.807) is 6.33 Å². The molecule has 5 heteroatoms. The number of hydrogen-bond acceptors (Lipinski definition) is 4. The molecule has 112 valence electrons. The molecule has 1 N–H and O–H groups in total. The summed E-state index contributed by atoms with van der Waals surface area (Å²) < 4.78 is 0. The van der Waals surface area contributed by atoms with Gasteiger partial charge in [0, 0.05) is 42.7 Å². The Hall–Kier alpha value is -1.65. The number of anilines is 1. The number of aromatic nitrogens is 2. The quantitative estimate of drug-likeness (QED) is 0.916. The van der Waals surface area contributed by atoms with Crippen molar-refractivity contribution in [3.8, 4) is 0 Å². The summed E-state index contributed by atoms with van der Waals surface area (Å²) in [5.41, 5.74) is 2.51. The summed E-state index contributed by atoms with van der Waals surface area (Å²) in [6.07, 6.45) is 9.37. The van der Waals surface area contributed by atoms with E-state index in [1.165, 1.54) is 36.9 Å². The van der Waals surface area contributed by atoms with Gasteiger partial charge in [-0.3, -0.25) is 4.79 Å². The second-order valence-electron chi connectivity index (χ2n) is 6.58. The number of amides is 1. The molecule has 1 aliphatic heterocycles. The molecule has 1 aromatic heterocycles. The highest BCUT2D eigenvalue weighted by atomic mass is 16.2.